The number of amides is 1. The summed E-state index contributed by atoms with van der Waals surface area (Å²) < 4.78 is 0. The fourth-order valence-corrected chi connectivity index (χ4v) is 4.55. The summed E-state index contributed by atoms with van der Waals surface area (Å²) in [5, 5.41) is 12.9. The summed E-state index contributed by atoms with van der Waals surface area (Å²) in [4.78, 5) is 27.6. The molecule has 0 spiro atoms. The third-order valence-electron chi connectivity index (χ3n) is 6.68. The van der Waals surface area contributed by atoms with Crippen molar-refractivity contribution in [3.63, 3.8) is 0 Å². The second-order valence-electron chi connectivity index (χ2n) is 9.67. The first-order chi connectivity index (χ1) is 16.6. The van der Waals surface area contributed by atoms with Gasteiger partial charge < -0.3 is 15.4 Å². The topological polar surface area (TPSA) is 82.2 Å². The summed E-state index contributed by atoms with van der Waals surface area (Å²) >= 11 is 0. The fourth-order valence-electron chi connectivity index (χ4n) is 4.55. The van der Waals surface area contributed by atoms with E-state index in [1.165, 1.54) is 109 Å². The summed E-state index contributed by atoms with van der Waals surface area (Å²) in [6, 6.07) is 4.74. The predicted molar refractivity (Wildman–Crippen MR) is 141 cm³/mol. The van der Waals surface area contributed by atoms with Crippen molar-refractivity contribution >= 4 is 22.6 Å². The first kappa shape index (κ1) is 27.9. The van der Waals surface area contributed by atoms with Crippen molar-refractivity contribution in [3.8, 4) is 5.75 Å². The van der Waals surface area contributed by atoms with E-state index in [1.807, 2.05) is 0 Å². The van der Waals surface area contributed by atoms with Gasteiger partial charge >= 0.3 is 0 Å². The lowest BCUT2D eigenvalue weighted by molar-refractivity contribution is -0.117. The van der Waals surface area contributed by atoms with Crippen LogP contribution in [0.15, 0.2) is 24.4 Å². The van der Waals surface area contributed by atoms with Crippen LogP contribution in [-0.4, -0.2) is 28.3 Å². The number of Topliss-reactive ketones (excluding diaryl/α,β-unsaturated/α-hetero) is 1. The summed E-state index contributed by atoms with van der Waals surface area (Å²) in [7, 11) is 0. The summed E-state index contributed by atoms with van der Waals surface area (Å²) in [6.45, 7) is 2.80. The average molecular weight is 471 g/mol. The number of aromatic amines is 1. The van der Waals surface area contributed by atoms with E-state index in [2.05, 4.69) is 17.2 Å². The first-order valence-electron chi connectivity index (χ1n) is 13.8. The lowest BCUT2D eigenvalue weighted by atomic mass is 10.0. The molecule has 0 bridgehead atoms. The number of carbonyl (C=O) groups excluding carboxylic acids is 2. The van der Waals surface area contributed by atoms with Crippen LogP contribution in [0.1, 0.15) is 126 Å². The maximum absolute atomic E-state index is 12.4. The molecule has 1 aromatic carbocycles. The molecular formula is C29H46N2O3. The number of carbonyl (C=O) groups is 2. The first-order valence-corrected chi connectivity index (χ1v) is 13.8. The molecule has 2 aromatic rings. The van der Waals surface area contributed by atoms with Gasteiger partial charge in [0.25, 0.3) is 11.7 Å². The number of phenolic OH excluding ortho intramolecular Hbond substituents is 1. The molecule has 0 fully saturated rings. The molecule has 0 unspecified atom stereocenters. The van der Waals surface area contributed by atoms with Crippen molar-refractivity contribution in [2.75, 3.05) is 6.54 Å². The van der Waals surface area contributed by atoms with Crippen LogP contribution in [0.3, 0.4) is 0 Å². The minimum Gasteiger partial charge on any atom is -0.508 e. The minimum atomic E-state index is -0.583. The standard InChI is InChI=1S/C29H46N2O3/c1-2-3-4-5-6-7-8-9-10-11-12-13-14-15-16-17-18-21-30-29(34)28(33)26-23-31-27-20-19-24(32)22-25(26)27/h19-20,22-23,31-32H,2-18,21H2,1H3,(H,30,34). The Kier molecular flexibility index (Phi) is 14.1. The zero-order chi connectivity index (χ0) is 24.4. The highest BCUT2D eigenvalue weighted by Crippen LogP contribution is 2.23. The maximum atomic E-state index is 12.4. The number of hydrogen-bond acceptors (Lipinski definition) is 3. The van der Waals surface area contributed by atoms with E-state index < -0.39 is 11.7 Å². The fraction of sp³-hybridized carbons (Fsp3) is 0.655. The largest absolute Gasteiger partial charge is 0.508 e. The van der Waals surface area contributed by atoms with Crippen molar-refractivity contribution < 1.29 is 14.7 Å². The molecule has 5 heteroatoms. The van der Waals surface area contributed by atoms with Gasteiger partial charge in [0.1, 0.15) is 5.75 Å². The maximum Gasteiger partial charge on any atom is 0.292 e. The third-order valence-corrected chi connectivity index (χ3v) is 6.68. The molecule has 0 atom stereocenters. The number of aromatic nitrogens is 1. The molecule has 0 saturated heterocycles. The molecule has 1 heterocycles. The Morgan fingerprint density at radius 3 is 1.79 bits per heavy atom. The Labute approximate surface area is 206 Å². The zero-order valence-corrected chi connectivity index (χ0v) is 21.3. The molecule has 2 rings (SSSR count). The van der Waals surface area contributed by atoms with E-state index in [9.17, 15) is 14.7 Å². The number of ketones is 1. The molecule has 1 amide bonds. The van der Waals surface area contributed by atoms with Crippen LogP contribution in [-0.2, 0) is 4.79 Å². The average Bonchev–Trinajstić information content (AvgIpc) is 3.25. The number of fused-ring (bicyclic) bond motifs is 1. The van der Waals surface area contributed by atoms with Crippen molar-refractivity contribution in [2.45, 2.75) is 116 Å². The molecule has 0 aliphatic carbocycles. The molecule has 34 heavy (non-hydrogen) atoms. The SMILES string of the molecule is CCCCCCCCCCCCCCCCCCCNC(=O)C(=O)c1c[nH]c2ccc(O)cc12. The van der Waals surface area contributed by atoms with Crippen molar-refractivity contribution in [3.05, 3.63) is 30.0 Å². The zero-order valence-electron chi connectivity index (χ0n) is 21.3. The van der Waals surface area contributed by atoms with E-state index in [4.69, 9.17) is 0 Å². The number of aromatic hydroxyl groups is 1. The highest BCUT2D eigenvalue weighted by atomic mass is 16.3. The van der Waals surface area contributed by atoms with Gasteiger partial charge in [0.2, 0.25) is 0 Å². The number of H-pyrrole nitrogens is 1. The van der Waals surface area contributed by atoms with Crippen LogP contribution in [0.2, 0.25) is 0 Å². The number of nitrogens with one attached hydrogen (secondary N) is 2. The summed E-state index contributed by atoms with van der Waals surface area (Å²) in [6.07, 6.45) is 24.0. The van der Waals surface area contributed by atoms with Gasteiger partial charge in [-0.2, -0.15) is 0 Å². The van der Waals surface area contributed by atoms with E-state index in [1.54, 1.807) is 12.1 Å². The predicted octanol–water partition coefficient (Wildman–Crippen LogP) is 7.82. The third kappa shape index (κ3) is 10.8. The Morgan fingerprint density at radius 2 is 1.26 bits per heavy atom. The highest BCUT2D eigenvalue weighted by molar-refractivity contribution is 6.44. The Balaban J connectivity index is 1.40. The summed E-state index contributed by atoms with van der Waals surface area (Å²) in [5.74, 6) is -1.07. The van der Waals surface area contributed by atoms with Crippen LogP contribution in [0, 0.1) is 0 Å². The van der Waals surface area contributed by atoms with E-state index in [-0.39, 0.29) is 5.75 Å². The lowest BCUT2D eigenvalue weighted by Crippen LogP contribution is -2.31. The number of benzene rings is 1. The quantitative estimate of drug-likeness (QED) is 0.105. The number of hydrogen-bond donors (Lipinski definition) is 3. The van der Waals surface area contributed by atoms with Gasteiger partial charge in [-0.1, -0.05) is 110 Å². The van der Waals surface area contributed by atoms with Crippen molar-refractivity contribution in [2.24, 2.45) is 0 Å². The van der Waals surface area contributed by atoms with Crippen LogP contribution in [0.25, 0.3) is 10.9 Å². The molecule has 5 nitrogen and oxygen atoms in total. The lowest BCUT2D eigenvalue weighted by Gasteiger charge is -2.05. The van der Waals surface area contributed by atoms with Gasteiger partial charge in [-0.3, -0.25) is 9.59 Å². The monoisotopic (exact) mass is 470 g/mol. The molecule has 1 aromatic heterocycles. The smallest absolute Gasteiger partial charge is 0.292 e. The normalized spacial score (nSPS) is 11.2. The van der Waals surface area contributed by atoms with Crippen LogP contribution in [0.4, 0.5) is 0 Å². The number of unbranched alkanes of at least 4 members (excludes halogenated alkanes) is 16. The highest BCUT2D eigenvalue weighted by Gasteiger charge is 2.19. The van der Waals surface area contributed by atoms with Crippen molar-refractivity contribution in [1.82, 2.24) is 10.3 Å². The van der Waals surface area contributed by atoms with Gasteiger partial charge in [0.05, 0.1) is 5.56 Å². The van der Waals surface area contributed by atoms with Crippen molar-refractivity contribution in [1.29, 1.82) is 0 Å². The van der Waals surface area contributed by atoms with E-state index >= 15 is 0 Å². The Bertz CT molecular complexity index is 843. The second-order valence-corrected chi connectivity index (χ2v) is 9.67. The molecule has 0 aliphatic heterocycles. The van der Waals surface area contributed by atoms with Crippen LogP contribution >= 0.6 is 0 Å². The molecule has 0 saturated carbocycles. The van der Waals surface area contributed by atoms with Gasteiger partial charge in [-0.25, -0.2) is 0 Å². The Morgan fingerprint density at radius 1 is 0.765 bits per heavy atom. The molecule has 190 valence electrons. The van der Waals surface area contributed by atoms with Crippen LogP contribution in [0.5, 0.6) is 5.75 Å². The van der Waals surface area contributed by atoms with E-state index in [0.717, 1.165) is 18.4 Å². The molecule has 3 N–H and O–H groups in total. The van der Waals surface area contributed by atoms with Crippen LogP contribution < -0.4 is 5.32 Å². The van der Waals surface area contributed by atoms with Gasteiger partial charge in [0, 0.05) is 23.6 Å². The number of rotatable bonds is 20. The van der Waals surface area contributed by atoms with Gasteiger partial charge in [0.15, 0.2) is 0 Å². The molecule has 0 aliphatic rings. The van der Waals surface area contributed by atoms with Gasteiger partial charge in [-0.15, -0.1) is 0 Å². The second kappa shape index (κ2) is 17.2. The molecular weight excluding hydrogens is 424 g/mol. The Hall–Kier alpha value is -2.30. The summed E-state index contributed by atoms with van der Waals surface area (Å²) in [5.41, 5.74) is 1.02. The van der Waals surface area contributed by atoms with Gasteiger partial charge in [-0.05, 0) is 24.6 Å². The number of phenols is 1. The van der Waals surface area contributed by atoms with E-state index in [0.29, 0.717) is 17.5 Å². The minimum absolute atomic E-state index is 0.0741. The molecule has 0 radical (unpaired) electrons.